The van der Waals surface area contributed by atoms with Gasteiger partial charge in [-0.3, -0.25) is 9.20 Å². The van der Waals surface area contributed by atoms with Crippen molar-refractivity contribution in [3.8, 4) is 11.5 Å². The number of allylic oxidation sites excluding steroid dienone is 1. The molecule has 1 unspecified atom stereocenters. The Morgan fingerprint density at radius 1 is 1.26 bits per heavy atom. The zero-order valence-electron chi connectivity index (χ0n) is 13.0. The van der Waals surface area contributed by atoms with Gasteiger partial charge in [-0.1, -0.05) is 5.57 Å². The molecule has 1 atom stereocenters. The van der Waals surface area contributed by atoms with Gasteiger partial charge in [0.1, 0.15) is 0 Å². The number of aromatic amines is 1. The molecule has 2 aliphatic rings. The normalized spacial score (nSPS) is 18.4. The molecular weight excluding hydrogens is 314 g/mol. The summed E-state index contributed by atoms with van der Waals surface area (Å²) in [5.74, 6) is 1.74. The summed E-state index contributed by atoms with van der Waals surface area (Å²) >= 11 is 0. The van der Waals surface area contributed by atoms with Gasteiger partial charge in [0.05, 0.1) is 33.3 Å². The monoisotopic (exact) mass is 331 g/mol. The van der Waals surface area contributed by atoms with E-state index in [1.165, 1.54) is 5.57 Å². The van der Waals surface area contributed by atoms with Crippen molar-refractivity contribution in [1.29, 1.82) is 0 Å². The Labute approximate surface area is 136 Å². The third kappa shape index (κ3) is 2.55. The van der Waals surface area contributed by atoms with Crippen LogP contribution in [0.25, 0.3) is 11.0 Å². The summed E-state index contributed by atoms with van der Waals surface area (Å²) in [7, 11) is -1.26. The number of aliphatic imine (C=N–C) groups is 1. The van der Waals surface area contributed by atoms with E-state index in [1.54, 1.807) is 0 Å². The standard InChI is InChI=1S/C16H17N3O3S/c1-9-3-4-17-13(10(9)2)7-23(20)16-18-11-5-14-15(22-8-21-14)6-12(11)19-16/h5-6H,3-4,7-8H2,1-2H3,(H,18,19). The van der Waals surface area contributed by atoms with Gasteiger partial charge in [-0.25, -0.2) is 4.98 Å². The van der Waals surface area contributed by atoms with Crippen molar-refractivity contribution >= 4 is 27.5 Å². The highest BCUT2D eigenvalue weighted by Gasteiger charge is 2.20. The van der Waals surface area contributed by atoms with E-state index in [0.717, 1.165) is 35.3 Å². The van der Waals surface area contributed by atoms with Crippen molar-refractivity contribution in [3.63, 3.8) is 0 Å². The van der Waals surface area contributed by atoms with Gasteiger partial charge in [0.2, 0.25) is 6.79 Å². The van der Waals surface area contributed by atoms with Crippen LogP contribution in [0.1, 0.15) is 20.3 Å². The first-order chi connectivity index (χ1) is 11.1. The Bertz CT molecular complexity index is 841. The summed E-state index contributed by atoms with van der Waals surface area (Å²) in [5, 5.41) is 0.461. The number of rotatable bonds is 3. The van der Waals surface area contributed by atoms with E-state index in [2.05, 4.69) is 21.9 Å². The lowest BCUT2D eigenvalue weighted by Gasteiger charge is -2.15. The van der Waals surface area contributed by atoms with Crippen molar-refractivity contribution in [3.05, 3.63) is 23.3 Å². The third-order valence-corrected chi connectivity index (χ3v) is 5.46. The van der Waals surface area contributed by atoms with Crippen LogP contribution in [0.3, 0.4) is 0 Å². The van der Waals surface area contributed by atoms with Crippen LogP contribution in [-0.2, 0) is 10.8 Å². The Kier molecular flexibility index (Phi) is 3.45. The number of H-pyrrole nitrogens is 1. The van der Waals surface area contributed by atoms with Gasteiger partial charge >= 0.3 is 0 Å². The molecule has 0 saturated heterocycles. The number of dihydropyridines is 1. The Hall–Kier alpha value is -2.15. The molecule has 2 aromatic rings. The van der Waals surface area contributed by atoms with E-state index in [4.69, 9.17) is 9.47 Å². The summed E-state index contributed by atoms with van der Waals surface area (Å²) in [5.41, 5.74) is 4.92. The topological polar surface area (TPSA) is 76.6 Å². The molecule has 6 nitrogen and oxygen atoms in total. The molecule has 4 rings (SSSR count). The number of hydrogen-bond acceptors (Lipinski definition) is 5. The molecule has 0 radical (unpaired) electrons. The number of ether oxygens (including phenoxy) is 2. The maximum atomic E-state index is 12.6. The van der Waals surface area contributed by atoms with E-state index >= 15 is 0 Å². The maximum absolute atomic E-state index is 12.6. The molecule has 1 aromatic heterocycles. The summed E-state index contributed by atoms with van der Waals surface area (Å²) < 4.78 is 23.3. The van der Waals surface area contributed by atoms with Crippen LogP contribution < -0.4 is 9.47 Å². The molecule has 0 spiro atoms. The van der Waals surface area contributed by atoms with Gasteiger partial charge in [0.25, 0.3) is 0 Å². The van der Waals surface area contributed by atoms with Crippen molar-refractivity contribution in [1.82, 2.24) is 9.97 Å². The lowest BCUT2D eigenvalue weighted by atomic mass is 10.0. The molecule has 120 valence electrons. The molecule has 1 aromatic carbocycles. The molecular formula is C16H17N3O3S. The summed E-state index contributed by atoms with van der Waals surface area (Å²) in [6.45, 7) is 5.15. The number of hydrogen-bond donors (Lipinski definition) is 1. The second kappa shape index (κ2) is 5.49. The van der Waals surface area contributed by atoms with Crippen molar-refractivity contribution in [2.45, 2.75) is 25.4 Å². The molecule has 0 amide bonds. The first-order valence-corrected chi connectivity index (χ1v) is 8.81. The zero-order valence-corrected chi connectivity index (χ0v) is 13.8. The lowest BCUT2D eigenvalue weighted by molar-refractivity contribution is 0.174. The minimum absolute atomic E-state index is 0.228. The van der Waals surface area contributed by atoms with Crippen LogP contribution in [0, 0.1) is 0 Å². The molecule has 23 heavy (non-hydrogen) atoms. The van der Waals surface area contributed by atoms with Crippen LogP contribution >= 0.6 is 0 Å². The predicted octanol–water partition coefficient (Wildman–Crippen LogP) is 2.58. The smallest absolute Gasteiger partial charge is 0.231 e. The summed E-state index contributed by atoms with van der Waals surface area (Å²) in [6.07, 6.45) is 0.984. The highest BCUT2D eigenvalue weighted by Crippen LogP contribution is 2.35. The lowest BCUT2D eigenvalue weighted by Crippen LogP contribution is -2.17. The molecule has 3 heterocycles. The number of nitrogens with zero attached hydrogens (tertiary/aromatic N) is 2. The highest BCUT2D eigenvalue weighted by atomic mass is 32.2. The van der Waals surface area contributed by atoms with E-state index in [1.807, 2.05) is 19.1 Å². The SMILES string of the molecule is CC1=C(C)C(CS(=O)c2nc3cc4c(cc3[nH]2)OCO4)=NCC1. The molecule has 1 N–H and O–H groups in total. The van der Waals surface area contributed by atoms with Gasteiger partial charge in [-0.15, -0.1) is 0 Å². The maximum Gasteiger partial charge on any atom is 0.231 e. The van der Waals surface area contributed by atoms with E-state index < -0.39 is 10.8 Å². The fourth-order valence-electron chi connectivity index (χ4n) is 2.74. The fraction of sp³-hybridized carbons (Fsp3) is 0.375. The molecule has 7 heteroatoms. The number of fused-ring (bicyclic) bond motifs is 2. The number of aromatic nitrogens is 2. The minimum Gasteiger partial charge on any atom is -0.454 e. The van der Waals surface area contributed by atoms with Crippen molar-refractivity contribution < 1.29 is 13.7 Å². The number of benzene rings is 1. The van der Waals surface area contributed by atoms with Gasteiger partial charge in [0.15, 0.2) is 16.7 Å². The first kappa shape index (κ1) is 14.4. The summed E-state index contributed by atoms with van der Waals surface area (Å²) in [6, 6.07) is 3.64. The van der Waals surface area contributed by atoms with Crippen LogP contribution in [0.5, 0.6) is 11.5 Å². The van der Waals surface area contributed by atoms with Crippen LogP contribution in [0.2, 0.25) is 0 Å². The van der Waals surface area contributed by atoms with E-state index in [9.17, 15) is 4.21 Å². The second-order valence-corrected chi connectivity index (χ2v) is 7.10. The Morgan fingerprint density at radius 2 is 2.04 bits per heavy atom. The van der Waals surface area contributed by atoms with Gasteiger partial charge < -0.3 is 14.5 Å². The second-order valence-electron chi connectivity index (χ2n) is 5.74. The summed E-state index contributed by atoms with van der Waals surface area (Å²) in [4.78, 5) is 12.1. The quantitative estimate of drug-likeness (QED) is 0.938. The fourth-order valence-corrected chi connectivity index (χ4v) is 3.86. The highest BCUT2D eigenvalue weighted by molar-refractivity contribution is 7.85. The molecule has 0 saturated carbocycles. The van der Waals surface area contributed by atoms with Gasteiger partial charge in [-0.05, 0) is 25.8 Å². The van der Waals surface area contributed by atoms with E-state index in [0.29, 0.717) is 22.4 Å². The third-order valence-electron chi connectivity index (χ3n) is 4.30. The zero-order chi connectivity index (χ0) is 16.0. The first-order valence-electron chi connectivity index (χ1n) is 7.49. The molecule has 2 aliphatic heterocycles. The molecule has 0 aliphatic carbocycles. The van der Waals surface area contributed by atoms with Gasteiger partial charge in [-0.2, -0.15) is 0 Å². The van der Waals surface area contributed by atoms with Crippen molar-refractivity contribution in [2.75, 3.05) is 19.1 Å². The van der Waals surface area contributed by atoms with Gasteiger partial charge in [0, 0.05) is 18.7 Å². The van der Waals surface area contributed by atoms with Crippen LogP contribution in [0.15, 0.2) is 33.4 Å². The van der Waals surface area contributed by atoms with Crippen LogP contribution in [0.4, 0.5) is 0 Å². The average Bonchev–Trinajstić information content (AvgIpc) is 3.14. The number of imidazole rings is 1. The number of nitrogens with one attached hydrogen (secondary N) is 1. The predicted molar refractivity (Wildman–Crippen MR) is 88.8 cm³/mol. The average molecular weight is 331 g/mol. The minimum atomic E-state index is -1.26. The largest absolute Gasteiger partial charge is 0.454 e. The van der Waals surface area contributed by atoms with E-state index in [-0.39, 0.29) is 6.79 Å². The van der Waals surface area contributed by atoms with Crippen molar-refractivity contribution in [2.24, 2.45) is 4.99 Å². The van der Waals surface area contributed by atoms with Crippen LogP contribution in [-0.4, -0.2) is 39.0 Å². The Balaban J connectivity index is 1.62. The Morgan fingerprint density at radius 3 is 2.87 bits per heavy atom. The molecule has 0 bridgehead atoms. The molecule has 0 fully saturated rings.